The van der Waals surface area contributed by atoms with Gasteiger partial charge in [0.2, 0.25) is 0 Å². The fraction of sp³-hybridized carbons (Fsp3) is 0.333. The highest BCUT2D eigenvalue weighted by Crippen LogP contribution is 2.31. The average Bonchev–Trinajstić information content (AvgIpc) is 2.77. The lowest BCUT2D eigenvalue weighted by atomic mass is 10.0. The van der Waals surface area contributed by atoms with Crippen LogP contribution in [0.2, 0.25) is 0 Å². The highest BCUT2D eigenvalue weighted by atomic mass is 32.1. The minimum absolute atomic E-state index is 0.158. The summed E-state index contributed by atoms with van der Waals surface area (Å²) in [6.45, 7) is 3.93. The molecule has 5 heteroatoms. The molecule has 0 aliphatic rings. The van der Waals surface area contributed by atoms with Gasteiger partial charge in [0, 0.05) is 5.56 Å². The van der Waals surface area contributed by atoms with E-state index < -0.39 is 11.9 Å². The summed E-state index contributed by atoms with van der Waals surface area (Å²) in [6, 6.07) is 6.21. The van der Waals surface area contributed by atoms with Gasteiger partial charge in [0.05, 0.1) is 10.6 Å². The molecular weight excluding hydrogens is 239 g/mol. The molecule has 1 unspecified atom stereocenters. The first-order chi connectivity index (χ1) is 8.11. The maximum atomic E-state index is 13.6. The Balaban J connectivity index is 2.41. The van der Waals surface area contributed by atoms with Crippen molar-refractivity contribution in [2.24, 2.45) is 0 Å². The Hall–Kier alpha value is -1.33. The quantitative estimate of drug-likeness (QED) is 0.913. The summed E-state index contributed by atoms with van der Waals surface area (Å²) in [4.78, 5) is 0.616. The number of hydrogen-bond donors (Lipinski definition) is 1. The number of aliphatic hydroxyl groups excluding tert-OH is 1. The fourth-order valence-corrected chi connectivity index (χ4v) is 2.45. The Morgan fingerprint density at radius 3 is 2.65 bits per heavy atom. The van der Waals surface area contributed by atoms with Crippen molar-refractivity contribution in [2.45, 2.75) is 25.9 Å². The fourth-order valence-electron chi connectivity index (χ4n) is 1.63. The zero-order chi connectivity index (χ0) is 12.4. The summed E-state index contributed by atoms with van der Waals surface area (Å²) in [7, 11) is 0. The summed E-state index contributed by atoms with van der Waals surface area (Å²) >= 11 is 1.11. The SMILES string of the molecule is CC(C)c1nnsc1C(O)c1ccccc1F. The van der Waals surface area contributed by atoms with Crippen molar-refractivity contribution >= 4 is 11.5 Å². The molecule has 17 heavy (non-hydrogen) atoms. The molecule has 0 radical (unpaired) electrons. The Morgan fingerprint density at radius 1 is 1.29 bits per heavy atom. The molecule has 0 bridgehead atoms. The molecule has 1 heterocycles. The summed E-state index contributed by atoms with van der Waals surface area (Å²) in [5, 5.41) is 14.2. The predicted molar refractivity (Wildman–Crippen MR) is 64.5 cm³/mol. The minimum Gasteiger partial charge on any atom is -0.383 e. The van der Waals surface area contributed by atoms with Gasteiger partial charge in [-0.05, 0) is 23.5 Å². The minimum atomic E-state index is -0.992. The molecule has 0 aliphatic carbocycles. The van der Waals surface area contributed by atoms with E-state index >= 15 is 0 Å². The van der Waals surface area contributed by atoms with Crippen molar-refractivity contribution in [3.05, 3.63) is 46.2 Å². The van der Waals surface area contributed by atoms with Gasteiger partial charge in [0.15, 0.2) is 0 Å². The lowest BCUT2D eigenvalue weighted by molar-refractivity contribution is 0.217. The van der Waals surface area contributed by atoms with Gasteiger partial charge >= 0.3 is 0 Å². The van der Waals surface area contributed by atoms with Crippen LogP contribution < -0.4 is 0 Å². The van der Waals surface area contributed by atoms with Crippen molar-refractivity contribution in [1.29, 1.82) is 0 Å². The van der Waals surface area contributed by atoms with Gasteiger partial charge in [-0.1, -0.05) is 36.5 Å². The van der Waals surface area contributed by atoms with Crippen LogP contribution >= 0.6 is 11.5 Å². The van der Waals surface area contributed by atoms with E-state index in [0.29, 0.717) is 4.88 Å². The first kappa shape index (κ1) is 12.1. The number of benzene rings is 1. The van der Waals surface area contributed by atoms with Crippen LogP contribution in [0.15, 0.2) is 24.3 Å². The number of rotatable bonds is 3. The Bertz CT molecular complexity index is 513. The van der Waals surface area contributed by atoms with Crippen LogP contribution in [0.25, 0.3) is 0 Å². The van der Waals surface area contributed by atoms with Gasteiger partial charge < -0.3 is 5.11 Å². The van der Waals surface area contributed by atoms with E-state index in [-0.39, 0.29) is 11.5 Å². The molecule has 90 valence electrons. The average molecular weight is 252 g/mol. The van der Waals surface area contributed by atoms with Crippen LogP contribution in [-0.2, 0) is 0 Å². The van der Waals surface area contributed by atoms with E-state index in [2.05, 4.69) is 9.59 Å². The summed E-state index contributed by atoms with van der Waals surface area (Å²) < 4.78 is 17.4. The van der Waals surface area contributed by atoms with E-state index in [0.717, 1.165) is 17.2 Å². The topological polar surface area (TPSA) is 46.0 Å². The normalized spacial score (nSPS) is 13.0. The first-order valence-electron chi connectivity index (χ1n) is 5.36. The molecule has 0 fully saturated rings. The van der Waals surface area contributed by atoms with Crippen molar-refractivity contribution < 1.29 is 9.50 Å². The van der Waals surface area contributed by atoms with Crippen molar-refractivity contribution in [3.63, 3.8) is 0 Å². The number of hydrogen-bond acceptors (Lipinski definition) is 4. The van der Waals surface area contributed by atoms with E-state index in [1.54, 1.807) is 18.2 Å². The van der Waals surface area contributed by atoms with Crippen LogP contribution in [0.3, 0.4) is 0 Å². The monoisotopic (exact) mass is 252 g/mol. The van der Waals surface area contributed by atoms with Gasteiger partial charge in [-0.25, -0.2) is 4.39 Å². The smallest absolute Gasteiger partial charge is 0.129 e. The molecule has 0 saturated heterocycles. The van der Waals surface area contributed by atoms with E-state index in [1.165, 1.54) is 6.07 Å². The molecule has 0 aliphatic heterocycles. The lowest BCUT2D eigenvalue weighted by Gasteiger charge is -2.12. The number of aromatic nitrogens is 2. The molecule has 2 rings (SSSR count). The van der Waals surface area contributed by atoms with Crippen LogP contribution in [0.5, 0.6) is 0 Å². The van der Waals surface area contributed by atoms with Gasteiger partial charge in [-0.2, -0.15) is 0 Å². The van der Waals surface area contributed by atoms with Crippen LogP contribution in [0, 0.1) is 5.82 Å². The lowest BCUT2D eigenvalue weighted by Crippen LogP contribution is -2.04. The van der Waals surface area contributed by atoms with Crippen LogP contribution in [0.4, 0.5) is 4.39 Å². The maximum absolute atomic E-state index is 13.6. The van der Waals surface area contributed by atoms with Crippen molar-refractivity contribution in [3.8, 4) is 0 Å². The van der Waals surface area contributed by atoms with Gasteiger partial charge in [-0.3, -0.25) is 0 Å². The first-order valence-corrected chi connectivity index (χ1v) is 6.13. The Morgan fingerprint density at radius 2 is 2.00 bits per heavy atom. The Kier molecular flexibility index (Phi) is 3.49. The third-order valence-corrected chi connectivity index (χ3v) is 3.33. The Labute approximate surface area is 103 Å². The summed E-state index contributed by atoms with van der Waals surface area (Å²) in [6.07, 6.45) is -0.992. The zero-order valence-electron chi connectivity index (χ0n) is 9.59. The third-order valence-electron chi connectivity index (χ3n) is 2.54. The molecule has 2 aromatic rings. The number of nitrogens with zero attached hydrogens (tertiary/aromatic N) is 2. The van der Waals surface area contributed by atoms with Gasteiger partial charge in [-0.15, -0.1) is 5.10 Å². The molecule has 1 aromatic carbocycles. The molecule has 3 nitrogen and oxygen atoms in total. The highest BCUT2D eigenvalue weighted by molar-refractivity contribution is 7.05. The predicted octanol–water partition coefficient (Wildman–Crippen LogP) is 2.88. The second kappa shape index (κ2) is 4.89. The molecule has 0 amide bonds. The highest BCUT2D eigenvalue weighted by Gasteiger charge is 2.22. The second-order valence-electron chi connectivity index (χ2n) is 4.10. The summed E-state index contributed by atoms with van der Waals surface area (Å²) in [5.74, 6) is -0.256. The standard InChI is InChI=1S/C12H13FN2OS/c1-7(2)10-12(17-15-14-10)11(16)8-5-3-4-6-9(8)13/h3-7,11,16H,1-2H3. The second-order valence-corrected chi connectivity index (χ2v) is 4.89. The van der Waals surface area contributed by atoms with Crippen molar-refractivity contribution in [1.82, 2.24) is 9.59 Å². The van der Waals surface area contributed by atoms with Gasteiger partial charge in [0.25, 0.3) is 0 Å². The van der Waals surface area contributed by atoms with Crippen LogP contribution in [0.1, 0.15) is 42.0 Å². The largest absolute Gasteiger partial charge is 0.383 e. The van der Waals surface area contributed by atoms with E-state index in [1.807, 2.05) is 13.8 Å². The molecule has 1 N–H and O–H groups in total. The summed E-state index contributed by atoms with van der Waals surface area (Å²) in [5.41, 5.74) is 0.992. The molecule has 0 spiro atoms. The number of halogens is 1. The molecular formula is C12H13FN2OS. The number of aliphatic hydroxyl groups is 1. The third kappa shape index (κ3) is 2.35. The zero-order valence-corrected chi connectivity index (χ0v) is 10.4. The molecule has 1 aromatic heterocycles. The van der Waals surface area contributed by atoms with E-state index in [4.69, 9.17) is 0 Å². The maximum Gasteiger partial charge on any atom is 0.129 e. The molecule has 0 saturated carbocycles. The molecule has 1 atom stereocenters. The van der Waals surface area contributed by atoms with Crippen LogP contribution in [-0.4, -0.2) is 14.7 Å². The van der Waals surface area contributed by atoms with Gasteiger partial charge in [0.1, 0.15) is 11.9 Å². The van der Waals surface area contributed by atoms with E-state index in [9.17, 15) is 9.50 Å². The van der Waals surface area contributed by atoms with Crippen molar-refractivity contribution in [2.75, 3.05) is 0 Å².